The molecule has 2 aliphatic rings. The fourth-order valence-corrected chi connectivity index (χ4v) is 1.39. The van der Waals surface area contributed by atoms with Crippen molar-refractivity contribution in [3.8, 4) is 0 Å². The Labute approximate surface area is 37.5 Å². The Morgan fingerprint density at radius 2 is 2.17 bits per heavy atom. The molecule has 0 saturated heterocycles. The van der Waals surface area contributed by atoms with Crippen LogP contribution in [-0.4, -0.2) is 6.04 Å². The first-order valence-electron chi connectivity index (χ1n) is 2.63. The van der Waals surface area contributed by atoms with E-state index in [1.165, 1.54) is 12.8 Å². The summed E-state index contributed by atoms with van der Waals surface area (Å²) >= 11 is 0. The van der Waals surface area contributed by atoms with Crippen molar-refractivity contribution in [3.63, 3.8) is 0 Å². The smallest absolute Gasteiger partial charge is 0.00726 e. The molecule has 0 amide bonds. The maximum atomic E-state index is 5.56. The summed E-state index contributed by atoms with van der Waals surface area (Å²) in [6, 6.07) is 0.606. The van der Waals surface area contributed by atoms with E-state index in [1.54, 1.807) is 0 Å². The summed E-state index contributed by atoms with van der Waals surface area (Å²) in [5, 5.41) is 0. The van der Waals surface area contributed by atoms with Gasteiger partial charge in [-0.15, -0.1) is 0 Å². The lowest BCUT2D eigenvalue weighted by molar-refractivity contribution is 0.387. The van der Waals surface area contributed by atoms with Crippen molar-refractivity contribution in [1.82, 2.24) is 0 Å². The summed E-state index contributed by atoms with van der Waals surface area (Å²) in [4.78, 5) is 0. The Bertz CT molecular complexity index is 80.0. The molecule has 0 aromatic heterocycles. The van der Waals surface area contributed by atoms with Gasteiger partial charge in [0.25, 0.3) is 0 Å². The SMILES string of the molecule is NC1CC2C[C@@H]12. The Balaban J connectivity index is 2.08. The van der Waals surface area contributed by atoms with Crippen LogP contribution in [0.15, 0.2) is 0 Å². The molecule has 2 N–H and O–H groups in total. The molecule has 2 saturated carbocycles. The first kappa shape index (κ1) is 3.03. The lowest BCUT2D eigenvalue weighted by Crippen LogP contribution is -2.31. The Morgan fingerprint density at radius 3 is 2.17 bits per heavy atom. The van der Waals surface area contributed by atoms with Crippen LogP contribution in [0, 0.1) is 11.8 Å². The van der Waals surface area contributed by atoms with Crippen molar-refractivity contribution in [1.29, 1.82) is 0 Å². The second kappa shape index (κ2) is 0.648. The normalized spacial score (nSPS) is 62.5. The summed E-state index contributed by atoms with van der Waals surface area (Å²) in [5.41, 5.74) is 5.56. The van der Waals surface area contributed by atoms with Crippen LogP contribution in [0.2, 0.25) is 0 Å². The van der Waals surface area contributed by atoms with Crippen LogP contribution < -0.4 is 5.73 Å². The number of fused-ring (bicyclic) bond motifs is 1. The van der Waals surface area contributed by atoms with E-state index < -0.39 is 0 Å². The van der Waals surface area contributed by atoms with E-state index in [0.29, 0.717) is 6.04 Å². The molecule has 0 aliphatic heterocycles. The summed E-state index contributed by atoms with van der Waals surface area (Å²) in [7, 11) is 0. The van der Waals surface area contributed by atoms with Gasteiger partial charge in [-0.25, -0.2) is 0 Å². The first-order chi connectivity index (χ1) is 2.88. The number of nitrogens with two attached hydrogens (primary N) is 1. The third-order valence-corrected chi connectivity index (χ3v) is 2.10. The van der Waals surface area contributed by atoms with Gasteiger partial charge < -0.3 is 5.73 Å². The lowest BCUT2D eigenvalue weighted by atomic mass is 9.95. The van der Waals surface area contributed by atoms with Gasteiger partial charge in [0, 0.05) is 6.04 Å². The van der Waals surface area contributed by atoms with Gasteiger partial charge in [-0.1, -0.05) is 0 Å². The molecule has 2 aliphatic carbocycles. The summed E-state index contributed by atoms with van der Waals surface area (Å²) in [6.45, 7) is 0. The maximum absolute atomic E-state index is 5.56. The van der Waals surface area contributed by atoms with Crippen molar-refractivity contribution in [2.75, 3.05) is 0 Å². The zero-order chi connectivity index (χ0) is 4.15. The van der Waals surface area contributed by atoms with E-state index in [2.05, 4.69) is 0 Å². The van der Waals surface area contributed by atoms with Crippen molar-refractivity contribution in [3.05, 3.63) is 0 Å². The molecule has 34 valence electrons. The second-order valence-corrected chi connectivity index (χ2v) is 2.56. The van der Waals surface area contributed by atoms with Crippen LogP contribution in [0.1, 0.15) is 12.8 Å². The molecule has 0 heterocycles. The van der Waals surface area contributed by atoms with Gasteiger partial charge in [-0.05, 0) is 24.7 Å². The zero-order valence-electron chi connectivity index (χ0n) is 3.72. The summed E-state index contributed by atoms with van der Waals surface area (Å²) < 4.78 is 0. The average molecular weight is 83.1 g/mol. The van der Waals surface area contributed by atoms with Gasteiger partial charge in [-0.3, -0.25) is 0 Å². The van der Waals surface area contributed by atoms with Crippen LogP contribution in [0.25, 0.3) is 0 Å². The van der Waals surface area contributed by atoms with E-state index in [1.807, 2.05) is 0 Å². The zero-order valence-corrected chi connectivity index (χ0v) is 3.72. The Morgan fingerprint density at radius 1 is 1.33 bits per heavy atom. The van der Waals surface area contributed by atoms with Crippen molar-refractivity contribution < 1.29 is 0 Å². The second-order valence-electron chi connectivity index (χ2n) is 2.56. The highest BCUT2D eigenvalue weighted by Gasteiger charge is 2.51. The highest BCUT2D eigenvalue weighted by atomic mass is 14.8. The Kier molecular flexibility index (Phi) is 0.327. The third-order valence-electron chi connectivity index (χ3n) is 2.10. The van der Waals surface area contributed by atoms with E-state index in [9.17, 15) is 0 Å². The fraction of sp³-hybridized carbons (Fsp3) is 1.00. The van der Waals surface area contributed by atoms with Gasteiger partial charge in [0.15, 0.2) is 0 Å². The number of rotatable bonds is 0. The highest BCUT2D eigenvalue weighted by molar-refractivity contribution is 5.04. The van der Waals surface area contributed by atoms with Crippen LogP contribution in [0.4, 0.5) is 0 Å². The van der Waals surface area contributed by atoms with Crippen LogP contribution in [-0.2, 0) is 0 Å². The minimum Gasteiger partial charge on any atom is -0.327 e. The van der Waals surface area contributed by atoms with Crippen molar-refractivity contribution >= 4 is 0 Å². The first-order valence-corrected chi connectivity index (χ1v) is 2.63. The molecule has 2 rings (SSSR count). The van der Waals surface area contributed by atoms with E-state index in [-0.39, 0.29) is 0 Å². The minimum atomic E-state index is 0.606. The molecular weight excluding hydrogens is 74.1 g/mol. The topological polar surface area (TPSA) is 26.0 Å². The van der Waals surface area contributed by atoms with E-state index in [4.69, 9.17) is 5.73 Å². The van der Waals surface area contributed by atoms with Gasteiger partial charge in [0.05, 0.1) is 0 Å². The van der Waals surface area contributed by atoms with Gasteiger partial charge in [0.1, 0.15) is 0 Å². The standard InChI is InChI=1S/C5H9N/c6-5-2-3-1-4(3)5/h3-5H,1-2,6H2/t3?,4-,5?/m1/s1. The van der Waals surface area contributed by atoms with Crippen molar-refractivity contribution in [2.45, 2.75) is 18.9 Å². The summed E-state index contributed by atoms with van der Waals surface area (Å²) in [6.07, 6.45) is 2.77. The molecule has 1 nitrogen and oxygen atoms in total. The molecule has 0 spiro atoms. The van der Waals surface area contributed by atoms with E-state index >= 15 is 0 Å². The average Bonchev–Trinajstić information content (AvgIpc) is 2.12. The van der Waals surface area contributed by atoms with Gasteiger partial charge in [0.2, 0.25) is 0 Å². The molecule has 2 fully saturated rings. The molecule has 3 atom stereocenters. The van der Waals surface area contributed by atoms with Crippen LogP contribution >= 0.6 is 0 Å². The Hall–Kier alpha value is -0.0400. The van der Waals surface area contributed by atoms with Crippen LogP contribution in [0.5, 0.6) is 0 Å². The highest BCUT2D eigenvalue weighted by Crippen LogP contribution is 2.54. The number of hydrogen-bond donors (Lipinski definition) is 1. The van der Waals surface area contributed by atoms with Gasteiger partial charge >= 0.3 is 0 Å². The maximum Gasteiger partial charge on any atom is 0.00726 e. The van der Waals surface area contributed by atoms with Crippen molar-refractivity contribution in [2.24, 2.45) is 17.6 Å². The van der Waals surface area contributed by atoms with Gasteiger partial charge in [-0.2, -0.15) is 0 Å². The van der Waals surface area contributed by atoms with E-state index in [0.717, 1.165) is 11.8 Å². The summed E-state index contributed by atoms with van der Waals surface area (Å²) in [5.74, 6) is 2.06. The van der Waals surface area contributed by atoms with Crippen LogP contribution in [0.3, 0.4) is 0 Å². The predicted octanol–water partition coefficient (Wildman–Crippen LogP) is 0.353. The predicted molar refractivity (Wildman–Crippen MR) is 24.2 cm³/mol. The molecule has 6 heavy (non-hydrogen) atoms. The minimum absolute atomic E-state index is 0.606. The molecule has 0 bridgehead atoms. The quantitative estimate of drug-likeness (QED) is 0.449. The monoisotopic (exact) mass is 83.1 g/mol. The molecule has 0 aromatic rings. The molecule has 0 radical (unpaired) electrons. The largest absolute Gasteiger partial charge is 0.327 e. The molecule has 2 unspecified atom stereocenters. The molecule has 1 heteroatoms. The fourth-order valence-electron chi connectivity index (χ4n) is 1.39. The molecular formula is C5H9N. The lowest BCUT2D eigenvalue weighted by Gasteiger charge is -2.18. The molecule has 0 aromatic carbocycles. The third kappa shape index (κ3) is 0.178. The number of hydrogen-bond acceptors (Lipinski definition) is 1.